The zero-order chi connectivity index (χ0) is 28.2. The Kier molecular flexibility index (Phi) is 10.1. The maximum absolute atomic E-state index is 13.3. The molecule has 3 fully saturated rings. The van der Waals surface area contributed by atoms with Gasteiger partial charge in [0, 0.05) is 19.0 Å². The zero-order valence-electron chi connectivity index (χ0n) is 24.3. The quantitative estimate of drug-likeness (QED) is 0.334. The fourth-order valence-electron chi connectivity index (χ4n) is 7.97. The van der Waals surface area contributed by atoms with Crippen LogP contribution in [-0.4, -0.2) is 35.1 Å². The topological polar surface area (TPSA) is 40.5 Å². The molecule has 1 N–H and O–H groups in total. The molecule has 1 aromatic rings. The number of aliphatic carboxylic acids is 1. The van der Waals surface area contributed by atoms with Crippen molar-refractivity contribution in [3.63, 3.8) is 0 Å². The summed E-state index contributed by atoms with van der Waals surface area (Å²) in [4.78, 5) is 14.3. The molecular formula is C33H50F3NO2. The number of carbonyl (C=O) groups is 1. The number of rotatable bonds is 9. The molecule has 3 saturated carbocycles. The van der Waals surface area contributed by atoms with Gasteiger partial charge >= 0.3 is 12.1 Å². The number of hydrogen-bond donors (Lipinski definition) is 1. The fourth-order valence-corrected chi connectivity index (χ4v) is 7.97. The molecule has 0 amide bonds. The summed E-state index contributed by atoms with van der Waals surface area (Å²) in [6, 6.07) is 6.00. The number of nitrogens with zero attached hydrogens (tertiary/aromatic N) is 1. The molecule has 39 heavy (non-hydrogen) atoms. The lowest BCUT2D eigenvalue weighted by atomic mass is 9.69. The van der Waals surface area contributed by atoms with E-state index in [2.05, 4.69) is 25.7 Å². The van der Waals surface area contributed by atoms with E-state index in [1.165, 1.54) is 69.9 Å². The van der Waals surface area contributed by atoms with Crippen LogP contribution in [0.4, 0.5) is 13.2 Å². The van der Waals surface area contributed by atoms with Gasteiger partial charge in [0.1, 0.15) is 0 Å². The second-order valence-corrected chi connectivity index (χ2v) is 14.1. The van der Waals surface area contributed by atoms with Crippen molar-refractivity contribution in [1.29, 1.82) is 0 Å². The van der Waals surface area contributed by atoms with Crippen molar-refractivity contribution in [2.24, 2.45) is 29.1 Å². The maximum atomic E-state index is 13.3. The first-order chi connectivity index (χ1) is 18.4. The predicted octanol–water partition coefficient (Wildman–Crippen LogP) is 9.17. The Morgan fingerprint density at radius 3 is 2.05 bits per heavy atom. The van der Waals surface area contributed by atoms with E-state index in [4.69, 9.17) is 0 Å². The van der Waals surface area contributed by atoms with Crippen molar-refractivity contribution in [1.82, 2.24) is 4.90 Å². The third-order valence-electron chi connectivity index (χ3n) is 10.4. The summed E-state index contributed by atoms with van der Waals surface area (Å²) in [5, 5.41) is 9.49. The number of benzene rings is 1. The Labute approximate surface area is 233 Å². The molecule has 6 heteroatoms. The standard InChI is InChI=1S/C33H50F3NO2/c1-32(2,3)27-13-8-24(9-14-27)22-37(19-18-23-6-4-5-7-23)30-17-10-25(21-31(38)39)20-29(30)26-11-15-28(16-12-26)33(34,35)36/h11-12,15-16,23-25,27,29-30H,4-10,13-14,17-22H2,1-3H3,(H,38,39)/t24?,25-,27?,29+,30-/m1/s1. The van der Waals surface area contributed by atoms with Crippen LogP contribution < -0.4 is 0 Å². The van der Waals surface area contributed by atoms with E-state index in [1.807, 2.05) is 0 Å². The van der Waals surface area contributed by atoms with Gasteiger partial charge in [-0.2, -0.15) is 13.2 Å². The Morgan fingerprint density at radius 1 is 0.872 bits per heavy atom. The third kappa shape index (κ3) is 8.47. The summed E-state index contributed by atoms with van der Waals surface area (Å²) in [7, 11) is 0. The van der Waals surface area contributed by atoms with E-state index >= 15 is 0 Å². The Balaban J connectivity index is 1.54. The van der Waals surface area contributed by atoms with E-state index in [-0.39, 0.29) is 24.3 Å². The fraction of sp³-hybridized carbons (Fsp3) is 0.788. The molecule has 0 aromatic heterocycles. The normalized spacial score (nSPS) is 29.2. The van der Waals surface area contributed by atoms with Gasteiger partial charge < -0.3 is 5.11 Å². The highest BCUT2D eigenvalue weighted by Crippen LogP contribution is 2.44. The van der Waals surface area contributed by atoms with E-state index < -0.39 is 17.7 Å². The Morgan fingerprint density at radius 2 is 1.49 bits per heavy atom. The first-order valence-electron chi connectivity index (χ1n) is 15.5. The lowest BCUT2D eigenvalue weighted by molar-refractivity contribution is -0.139. The van der Waals surface area contributed by atoms with Crippen LogP contribution in [0.1, 0.15) is 121 Å². The van der Waals surface area contributed by atoms with Gasteiger partial charge in [0.05, 0.1) is 5.56 Å². The zero-order valence-corrected chi connectivity index (χ0v) is 24.3. The average Bonchev–Trinajstić information content (AvgIpc) is 3.39. The molecule has 0 saturated heterocycles. The van der Waals surface area contributed by atoms with Gasteiger partial charge in [-0.15, -0.1) is 0 Å². The molecule has 0 aliphatic heterocycles. The molecule has 0 unspecified atom stereocenters. The van der Waals surface area contributed by atoms with Crippen LogP contribution >= 0.6 is 0 Å². The SMILES string of the molecule is CC(C)(C)C1CCC(CN(CCC2CCCC2)[C@@H]2CC[C@@H](CC(=O)O)C[C@H]2c2ccc(C(F)(F)F)cc2)CC1. The molecule has 1 aromatic carbocycles. The predicted molar refractivity (Wildman–Crippen MR) is 151 cm³/mol. The molecule has 3 aliphatic rings. The maximum Gasteiger partial charge on any atom is 0.416 e. The first-order valence-corrected chi connectivity index (χ1v) is 15.5. The molecule has 0 spiro atoms. The molecular weight excluding hydrogens is 499 g/mol. The van der Waals surface area contributed by atoms with Crippen LogP contribution in [0.25, 0.3) is 0 Å². The minimum absolute atomic E-state index is 0.0693. The minimum Gasteiger partial charge on any atom is -0.481 e. The van der Waals surface area contributed by atoms with Crippen molar-refractivity contribution in [3.8, 4) is 0 Å². The van der Waals surface area contributed by atoms with E-state index in [0.717, 1.165) is 49.8 Å². The largest absolute Gasteiger partial charge is 0.481 e. The molecule has 0 bridgehead atoms. The summed E-state index contributed by atoms with van der Waals surface area (Å²) in [6.07, 6.45) is 9.88. The second kappa shape index (κ2) is 13.0. The van der Waals surface area contributed by atoms with Crippen molar-refractivity contribution in [2.45, 2.75) is 122 Å². The van der Waals surface area contributed by atoms with E-state index in [0.29, 0.717) is 11.3 Å². The van der Waals surface area contributed by atoms with Crippen LogP contribution in [0, 0.1) is 29.1 Å². The van der Waals surface area contributed by atoms with Gasteiger partial charge in [-0.05, 0) is 111 Å². The first kappa shape index (κ1) is 30.4. The van der Waals surface area contributed by atoms with Crippen molar-refractivity contribution < 1.29 is 23.1 Å². The van der Waals surface area contributed by atoms with Gasteiger partial charge in [0.15, 0.2) is 0 Å². The molecule has 4 rings (SSSR count). The van der Waals surface area contributed by atoms with Crippen LogP contribution in [-0.2, 0) is 11.0 Å². The summed E-state index contributed by atoms with van der Waals surface area (Å²) < 4.78 is 39.9. The van der Waals surface area contributed by atoms with Crippen LogP contribution in [0.15, 0.2) is 24.3 Å². The van der Waals surface area contributed by atoms with Gasteiger partial charge in [-0.25, -0.2) is 0 Å². The molecule has 0 heterocycles. The summed E-state index contributed by atoms with van der Waals surface area (Å²) in [5.74, 6) is 1.59. The van der Waals surface area contributed by atoms with E-state index in [9.17, 15) is 23.1 Å². The summed E-state index contributed by atoms with van der Waals surface area (Å²) in [6.45, 7) is 9.19. The van der Waals surface area contributed by atoms with Crippen LogP contribution in [0.2, 0.25) is 0 Å². The van der Waals surface area contributed by atoms with Gasteiger partial charge in [-0.3, -0.25) is 9.69 Å². The highest BCUT2D eigenvalue weighted by Gasteiger charge is 2.39. The van der Waals surface area contributed by atoms with Crippen molar-refractivity contribution >= 4 is 5.97 Å². The number of halogens is 3. The Hall–Kier alpha value is -1.56. The molecule has 3 nitrogen and oxygen atoms in total. The highest BCUT2D eigenvalue weighted by atomic mass is 19.4. The monoisotopic (exact) mass is 549 g/mol. The summed E-state index contributed by atoms with van der Waals surface area (Å²) >= 11 is 0. The Bertz CT molecular complexity index is 908. The highest BCUT2D eigenvalue weighted by molar-refractivity contribution is 5.67. The average molecular weight is 550 g/mol. The second-order valence-electron chi connectivity index (χ2n) is 14.1. The number of hydrogen-bond acceptors (Lipinski definition) is 2. The van der Waals surface area contributed by atoms with Crippen LogP contribution in [0.5, 0.6) is 0 Å². The van der Waals surface area contributed by atoms with Crippen molar-refractivity contribution in [2.75, 3.05) is 13.1 Å². The lowest BCUT2D eigenvalue weighted by Crippen LogP contribution is -2.46. The van der Waals surface area contributed by atoms with Gasteiger partial charge in [0.2, 0.25) is 0 Å². The number of carboxylic acid groups (broad SMARTS) is 1. The summed E-state index contributed by atoms with van der Waals surface area (Å²) in [5.41, 5.74) is 0.670. The third-order valence-corrected chi connectivity index (χ3v) is 10.4. The van der Waals surface area contributed by atoms with Gasteiger partial charge in [0.25, 0.3) is 0 Å². The molecule has 220 valence electrons. The molecule has 3 aliphatic carbocycles. The molecule has 3 atom stereocenters. The van der Waals surface area contributed by atoms with E-state index in [1.54, 1.807) is 12.1 Å². The lowest BCUT2D eigenvalue weighted by Gasteiger charge is -2.45. The minimum atomic E-state index is -4.35. The number of carboxylic acids is 1. The van der Waals surface area contributed by atoms with Gasteiger partial charge in [-0.1, -0.05) is 58.6 Å². The molecule has 0 radical (unpaired) electrons. The van der Waals surface area contributed by atoms with Crippen LogP contribution in [0.3, 0.4) is 0 Å². The smallest absolute Gasteiger partial charge is 0.416 e. The van der Waals surface area contributed by atoms with Crippen molar-refractivity contribution in [3.05, 3.63) is 35.4 Å². The number of alkyl halides is 3.